The quantitative estimate of drug-likeness (QED) is 0.671. The number of nitrogens with zero attached hydrogens (tertiary/aromatic N) is 1. The molecule has 154 valence electrons. The summed E-state index contributed by atoms with van der Waals surface area (Å²) in [4.78, 5) is 40.3. The fourth-order valence-corrected chi connectivity index (χ4v) is 3.65. The maximum atomic E-state index is 12.4. The molecular formula is C20H23N3O5S. The monoisotopic (exact) mass is 417 g/mol. The second kappa shape index (κ2) is 10.0. The van der Waals surface area contributed by atoms with Gasteiger partial charge in [-0.3, -0.25) is 10.1 Å². The molecule has 0 atom stereocenters. The minimum absolute atomic E-state index is 0.0934. The number of ether oxygens (including phenoxy) is 2. The predicted molar refractivity (Wildman–Crippen MR) is 107 cm³/mol. The number of nitrogens with one attached hydrogen (secondary N) is 2. The van der Waals surface area contributed by atoms with Crippen molar-refractivity contribution in [2.75, 3.05) is 6.61 Å². The molecule has 0 bridgehead atoms. The molecule has 1 fully saturated rings. The molecule has 0 unspecified atom stereocenters. The lowest BCUT2D eigenvalue weighted by Crippen LogP contribution is -2.45. The van der Waals surface area contributed by atoms with Crippen LogP contribution in [0, 0.1) is 6.92 Å². The molecule has 0 radical (unpaired) electrons. The summed E-state index contributed by atoms with van der Waals surface area (Å²) in [6.07, 6.45) is 3.96. The first kappa shape index (κ1) is 20.8. The Bertz CT molecular complexity index is 877. The molecular weight excluding hydrogens is 394 g/mol. The first-order valence-electron chi connectivity index (χ1n) is 9.41. The summed E-state index contributed by atoms with van der Waals surface area (Å²) in [6, 6.07) is 6.13. The molecule has 0 saturated heterocycles. The van der Waals surface area contributed by atoms with Crippen molar-refractivity contribution in [1.29, 1.82) is 0 Å². The third kappa shape index (κ3) is 6.28. The number of hydrogen-bond acceptors (Lipinski definition) is 7. The van der Waals surface area contributed by atoms with Crippen molar-refractivity contribution in [2.24, 2.45) is 0 Å². The van der Waals surface area contributed by atoms with Crippen LogP contribution in [0.1, 0.15) is 46.7 Å². The topological polar surface area (TPSA) is 107 Å². The summed E-state index contributed by atoms with van der Waals surface area (Å²) in [5, 5.41) is 7.72. The number of esters is 1. The molecule has 1 aromatic carbocycles. The smallest absolute Gasteiger partial charge is 0.342 e. The standard InChI is InChI=1S/C20H23N3O5S/c1-13-21-15(12-29-13)10-27-17-9-5-4-8-16(17)19(25)28-11-18(24)23-20(26)22-14-6-2-3-7-14/h4-5,8-9,12,14H,2-3,6-7,10-11H2,1H3,(H2,22,23,24,26). The van der Waals surface area contributed by atoms with E-state index in [4.69, 9.17) is 9.47 Å². The number of amides is 3. The van der Waals surface area contributed by atoms with Gasteiger partial charge in [0.1, 0.15) is 17.9 Å². The highest BCUT2D eigenvalue weighted by atomic mass is 32.1. The predicted octanol–water partition coefficient (Wildman–Crippen LogP) is 2.96. The van der Waals surface area contributed by atoms with Crippen LogP contribution in [0.5, 0.6) is 5.75 Å². The Morgan fingerprint density at radius 3 is 2.69 bits per heavy atom. The molecule has 2 N–H and O–H groups in total. The van der Waals surface area contributed by atoms with Crippen molar-refractivity contribution in [1.82, 2.24) is 15.6 Å². The molecule has 1 aliphatic carbocycles. The number of imide groups is 1. The Balaban J connectivity index is 1.48. The van der Waals surface area contributed by atoms with Crippen molar-refractivity contribution in [3.63, 3.8) is 0 Å². The number of para-hydroxylation sites is 1. The molecule has 3 amide bonds. The Hall–Kier alpha value is -2.94. The van der Waals surface area contributed by atoms with E-state index in [-0.39, 0.29) is 18.2 Å². The number of rotatable bonds is 7. The SMILES string of the molecule is Cc1nc(COc2ccccc2C(=O)OCC(=O)NC(=O)NC2CCCC2)cs1. The molecule has 3 rings (SSSR count). The summed E-state index contributed by atoms with van der Waals surface area (Å²) in [6.45, 7) is 1.56. The van der Waals surface area contributed by atoms with Crippen molar-refractivity contribution in [2.45, 2.75) is 45.3 Å². The molecule has 2 aromatic rings. The Morgan fingerprint density at radius 1 is 1.21 bits per heavy atom. The zero-order valence-electron chi connectivity index (χ0n) is 16.1. The van der Waals surface area contributed by atoms with Crippen LogP contribution in [0.3, 0.4) is 0 Å². The van der Waals surface area contributed by atoms with Crippen LogP contribution in [0.15, 0.2) is 29.6 Å². The average Bonchev–Trinajstić information content (AvgIpc) is 3.36. The minimum atomic E-state index is -0.707. The van der Waals surface area contributed by atoms with Crippen molar-refractivity contribution in [3.8, 4) is 5.75 Å². The number of aromatic nitrogens is 1. The van der Waals surface area contributed by atoms with Gasteiger partial charge in [-0.15, -0.1) is 11.3 Å². The van der Waals surface area contributed by atoms with Gasteiger partial charge in [-0.2, -0.15) is 0 Å². The highest BCUT2D eigenvalue weighted by molar-refractivity contribution is 7.09. The fourth-order valence-electron chi connectivity index (χ4n) is 3.05. The van der Waals surface area contributed by atoms with E-state index in [9.17, 15) is 14.4 Å². The molecule has 0 spiro atoms. The molecule has 1 aliphatic rings. The van der Waals surface area contributed by atoms with E-state index in [1.807, 2.05) is 12.3 Å². The number of urea groups is 1. The molecule has 1 aromatic heterocycles. The van der Waals surface area contributed by atoms with E-state index in [0.29, 0.717) is 5.75 Å². The summed E-state index contributed by atoms with van der Waals surface area (Å²) in [5.74, 6) is -1.06. The van der Waals surface area contributed by atoms with Crippen molar-refractivity contribution >= 4 is 29.2 Å². The first-order chi connectivity index (χ1) is 14.0. The number of carbonyl (C=O) groups is 3. The van der Waals surface area contributed by atoms with Crippen LogP contribution in [0.2, 0.25) is 0 Å². The van der Waals surface area contributed by atoms with Crippen molar-refractivity contribution < 1.29 is 23.9 Å². The largest absolute Gasteiger partial charge is 0.486 e. The lowest BCUT2D eigenvalue weighted by molar-refractivity contribution is -0.123. The van der Waals surface area contributed by atoms with Gasteiger partial charge >= 0.3 is 12.0 Å². The number of carbonyl (C=O) groups excluding carboxylic acids is 3. The maximum Gasteiger partial charge on any atom is 0.342 e. The van der Waals surface area contributed by atoms with Gasteiger partial charge in [-0.25, -0.2) is 14.6 Å². The molecule has 0 aliphatic heterocycles. The van der Waals surface area contributed by atoms with Gasteiger partial charge < -0.3 is 14.8 Å². The van der Waals surface area contributed by atoms with Gasteiger partial charge in [-0.05, 0) is 31.9 Å². The molecule has 1 saturated carbocycles. The zero-order valence-corrected chi connectivity index (χ0v) is 16.9. The normalized spacial score (nSPS) is 13.7. The number of hydrogen-bond donors (Lipinski definition) is 2. The Labute approximate surface area is 172 Å². The van der Waals surface area contributed by atoms with E-state index in [0.717, 1.165) is 36.4 Å². The van der Waals surface area contributed by atoms with E-state index in [1.54, 1.807) is 24.3 Å². The second-order valence-electron chi connectivity index (χ2n) is 6.72. The van der Waals surface area contributed by atoms with E-state index in [2.05, 4.69) is 15.6 Å². The average molecular weight is 417 g/mol. The van der Waals surface area contributed by atoms with Gasteiger partial charge in [0.25, 0.3) is 5.91 Å². The lowest BCUT2D eigenvalue weighted by Gasteiger charge is -2.13. The van der Waals surface area contributed by atoms with E-state index in [1.165, 1.54) is 11.3 Å². The number of aryl methyl sites for hydroxylation is 1. The van der Waals surface area contributed by atoms with Crippen LogP contribution in [-0.2, 0) is 16.1 Å². The van der Waals surface area contributed by atoms with E-state index < -0.39 is 24.5 Å². The van der Waals surface area contributed by atoms with Crippen LogP contribution < -0.4 is 15.4 Å². The van der Waals surface area contributed by atoms with Gasteiger partial charge in [-0.1, -0.05) is 25.0 Å². The third-order valence-corrected chi connectivity index (χ3v) is 5.25. The van der Waals surface area contributed by atoms with Crippen molar-refractivity contribution in [3.05, 3.63) is 45.9 Å². The fraction of sp³-hybridized carbons (Fsp3) is 0.400. The first-order valence-corrected chi connectivity index (χ1v) is 10.3. The summed E-state index contributed by atoms with van der Waals surface area (Å²) >= 11 is 1.52. The maximum absolute atomic E-state index is 12.4. The number of benzene rings is 1. The van der Waals surface area contributed by atoms with Crippen LogP contribution in [0.25, 0.3) is 0 Å². The Morgan fingerprint density at radius 2 is 1.97 bits per heavy atom. The van der Waals surface area contributed by atoms with Gasteiger partial charge in [0.2, 0.25) is 0 Å². The molecule has 29 heavy (non-hydrogen) atoms. The molecule has 8 nitrogen and oxygen atoms in total. The minimum Gasteiger partial charge on any atom is -0.486 e. The van der Waals surface area contributed by atoms with Gasteiger partial charge in [0.15, 0.2) is 6.61 Å². The third-order valence-electron chi connectivity index (χ3n) is 4.43. The van der Waals surface area contributed by atoms with Crippen LogP contribution >= 0.6 is 11.3 Å². The van der Waals surface area contributed by atoms with Gasteiger partial charge in [0.05, 0.1) is 10.7 Å². The van der Waals surface area contributed by atoms with Crippen LogP contribution in [-0.4, -0.2) is 35.5 Å². The molecule has 1 heterocycles. The highest BCUT2D eigenvalue weighted by Gasteiger charge is 2.20. The summed E-state index contributed by atoms with van der Waals surface area (Å²) < 4.78 is 10.7. The second-order valence-corrected chi connectivity index (χ2v) is 7.78. The summed E-state index contributed by atoms with van der Waals surface area (Å²) in [7, 11) is 0. The zero-order chi connectivity index (χ0) is 20.6. The molecule has 9 heteroatoms. The van der Waals surface area contributed by atoms with Gasteiger partial charge in [0, 0.05) is 11.4 Å². The Kier molecular flexibility index (Phi) is 7.18. The summed E-state index contributed by atoms with van der Waals surface area (Å²) in [5.41, 5.74) is 0.964. The lowest BCUT2D eigenvalue weighted by atomic mass is 10.2. The van der Waals surface area contributed by atoms with Crippen LogP contribution in [0.4, 0.5) is 4.79 Å². The van der Waals surface area contributed by atoms with E-state index >= 15 is 0 Å². The highest BCUT2D eigenvalue weighted by Crippen LogP contribution is 2.21. The number of thiazole rings is 1.